The number of amides is 1. The lowest BCUT2D eigenvalue weighted by molar-refractivity contribution is -0.132. The van der Waals surface area contributed by atoms with Crippen LogP contribution in [-0.2, 0) is 4.79 Å². The summed E-state index contributed by atoms with van der Waals surface area (Å²) in [7, 11) is 0. The normalized spacial score (nSPS) is 17.1. The van der Waals surface area contributed by atoms with Crippen LogP contribution in [0, 0.1) is 6.92 Å². The third kappa shape index (κ3) is 4.18. The standard InChI is InChI=1S/C17H19N3O3/c1-13-3-2-4-14(9-13)22-12-17(21)20-8-5-15(11-20)23-16-10-18-6-7-19-16/h2-4,6-7,9-10,15H,5,8,11-12H2,1H3. The fourth-order valence-corrected chi connectivity index (χ4v) is 2.51. The van der Waals surface area contributed by atoms with E-state index in [1.54, 1.807) is 23.5 Å². The molecule has 1 saturated heterocycles. The Kier molecular flexibility index (Phi) is 4.71. The van der Waals surface area contributed by atoms with Gasteiger partial charge in [-0.2, -0.15) is 0 Å². The minimum Gasteiger partial charge on any atom is -0.484 e. The Morgan fingerprint density at radius 1 is 1.39 bits per heavy atom. The Morgan fingerprint density at radius 3 is 3.09 bits per heavy atom. The van der Waals surface area contributed by atoms with Crippen molar-refractivity contribution in [1.82, 2.24) is 14.9 Å². The molecule has 1 atom stereocenters. The fourth-order valence-electron chi connectivity index (χ4n) is 2.51. The van der Waals surface area contributed by atoms with Crippen molar-refractivity contribution in [2.45, 2.75) is 19.4 Å². The number of hydrogen-bond donors (Lipinski definition) is 0. The van der Waals surface area contributed by atoms with Crippen LogP contribution in [0.3, 0.4) is 0 Å². The Labute approximate surface area is 135 Å². The van der Waals surface area contributed by atoms with Crippen molar-refractivity contribution in [2.24, 2.45) is 0 Å². The average Bonchev–Trinajstić information content (AvgIpc) is 3.02. The van der Waals surface area contributed by atoms with Gasteiger partial charge in [-0.05, 0) is 24.6 Å². The van der Waals surface area contributed by atoms with Gasteiger partial charge in [-0.15, -0.1) is 0 Å². The van der Waals surface area contributed by atoms with E-state index in [2.05, 4.69) is 9.97 Å². The highest BCUT2D eigenvalue weighted by molar-refractivity contribution is 5.78. The lowest BCUT2D eigenvalue weighted by Gasteiger charge is -2.17. The second kappa shape index (κ2) is 7.09. The van der Waals surface area contributed by atoms with Gasteiger partial charge in [0.25, 0.3) is 5.91 Å². The van der Waals surface area contributed by atoms with E-state index >= 15 is 0 Å². The van der Waals surface area contributed by atoms with E-state index in [9.17, 15) is 4.79 Å². The van der Waals surface area contributed by atoms with Crippen LogP contribution in [-0.4, -0.2) is 46.6 Å². The number of benzene rings is 1. The number of likely N-dealkylation sites (tertiary alicyclic amines) is 1. The minimum absolute atomic E-state index is 0.0308. The topological polar surface area (TPSA) is 64.5 Å². The number of nitrogens with zero attached hydrogens (tertiary/aromatic N) is 3. The molecule has 0 N–H and O–H groups in total. The second-order valence-electron chi connectivity index (χ2n) is 5.52. The number of carbonyl (C=O) groups excluding carboxylic acids is 1. The number of aryl methyl sites for hydroxylation is 1. The summed E-state index contributed by atoms with van der Waals surface area (Å²) in [6.45, 7) is 3.25. The molecule has 0 saturated carbocycles. The van der Waals surface area contributed by atoms with Crippen molar-refractivity contribution in [3.63, 3.8) is 0 Å². The number of aromatic nitrogens is 2. The van der Waals surface area contributed by atoms with Crippen molar-refractivity contribution in [2.75, 3.05) is 19.7 Å². The van der Waals surface area contributed by atoms with Gasteiger partial charge in [-0.1, -0.05) is 12.1 Å². The highest BCUT2D eigenvalue weighted by atomic mass is 16.5. The lowest BCUT2D eigenvalue weighted by Crippen LogP contribution is -2.34. The van der Waals surface area contributed by atoms with E-state index in [0.29, 0.717) is 24.7 Å². The van der Waals surface area contributed by atoms with Crippen LogP contribution in [0.4, 0.5) is 0 Å². The van der Waals surface area contributed by atoms with E-state index in [1.165, 1.54) is 0 Å². The van der Waals surface area contributed by atoms with Crippen molar-refractivity contribution in [1.29, 1.82) is 0 Å². The van der Waals surface area contributed by atoms with Gasteiger partial charge >= 0.3 is 0 Å². The van der Waals surface area contributed by atoms with Gasteiger partial charge < -0.3 is 14.4 Å². The zero-order valence-corrected chi connectivity index (χ0v) is 13.0. The predicted octanol–water partition coefficient (Wildman–Crippen LogP) is 1.84. The highest BCUT2D eigenvalue weighted by Crippen LogP contribution is 2.17. The van der Waals surface area contributed by atoms with E-state index < -0.39 is 0 Å². The molecule has 0 spiro atoms. The maximum absolute atomic E-state index is 12.2. The molecule has 1 aliphatic rings. The summed E-state index contributed by atoms with van der Waals surface area (Å²) in [5.74, 6) is 1.17. The summed E-state index contributed by atoms with van der Waals surface area (Å²) in [4.78, 5) is 22.0. The molecular formula is C17H19N3O3. The first-order valence-electron chi connectivity index (χ1n) is 7.60. The monoisotopic (exact) mass is 313 g/mol. The van der Waals surface area contributed by atoms with Crippen LogP contribution < -0.4 is 9.47 Å². The molecule has 1 aromatic carbocycles. The maximum atomic E-state index is 12.2. The number of hydrogen-bond acceptors (Lipinski definition) is 5. The molecule has 6 nitrogen and oxygen atoms in total. The lowest BCUT2D eigenvalue weighted by atomic mass is 10.2. The van der Waals surface area contributed by atoms with Gasteiger partial charge in [0.1, 0.15) is 11.9 Å². The van der Waals surface area contributed by atoms with Gasteiger partial charge in [-0.25, -0.2) is 4.98 Å². The van der Waals surface area contributed by atoms with Crippen molar-refractivity contribution >= 4 is 5.91 Å². The Balaban J connectivity index is 1.47. The van der Waals surface area contributed by atoms with Crippen LogP contribution in [0.5, 0.6) is 11.6 Å². The Bertz CT molecular complexity index is 663. The molecule has 0 radical (unpaired) electrons. The third-order valence-electron chi connectivity index (χ3n) is 3.68. The summed E-state index contributed by atoms with van der Waals surface area (Å²) < 4.78 is 11.3. The van der Waals surface area contributed by atoms with Gasteiger partial charge in [-0.3, -0.25) is 9.78 Å². The van der Waals surface area contributed by atoms with Crippen molar-refractivity contribution < 1.29 is 14.3 Å². The van der Waals surface area contributed by atoms with Gasteiger partial charge in [0.2, 0.25) is 5.88 Å². The molecule has 1 aromatic heterocycles. The zero-order chi connectivity index (χ0) is 16.1. The molecule has 3 rings (SSSR count). The van der Waals surface area contributed by atoms with Crippen LogP contribution in [0.2, 0.25) is 0 Å². The van der Waals surface area contributed by atoms with E-state index in [0.717, 1.165) is 12.0 Å². The molecule has 1 aliphatic heterocycles. The second-order valence-corrected chi connectivity index (χ2v) is 5.52. The molecule has 1 amide bonds. The molecule has 1 unspecified atom stereocenters. The molecule has 120 valence electrons. The SMILES string of the molecule is Cc1cccc(OCC(=O)N2CCC(Oc3cnccn3)C2)c1. The first-order chi connectivity index (χ1) is 11.2. The van der Waals surface area contributed by atoms with Crippen LogP contribution in [0.1, 0.15) is 12.0 Å². The van der Waals surface area contributed by atoms with Gasteiger partial charge in [0.15, 0.2) is 6.61 Å². The van der Waals surface area contributed by atoms with Crippen molar-refractivity contribution in [3.05, 3.63) is 48.4 Å². The molecule has 1 fully saturated rings. The molecular weight excluding hydrogens is 294 g/mol. The van der Waals surface area contributed by atoms with Gasteiger partial charge in [0, 0.05) is 25.4 Å². The summed E-state index contributed by atoms with van der Waals surface area (Å²) in [6, 6.07) is 7.67. The summed E-state index contributed by atoms with van der Waals surface area (Å²) in [6.07, 6.45) is 5.50. The van der Waals surface area contributed by atoms with E-state index in [1.807, 2.05) is 31.2 Å². The Hall–Kier alpha value is -2.63. The highest BCUT2D eigenvalue weighted by Gasteiger charge is 2.28. The van der Waals surface area contributed by atoms with Crippen LogP contribution in [0.15, 0.2) is 42.9 Å². The van der Waals surface area contributed by atoms with E-state index in [-0.39, 0.29) is 18.6 Å². The third-order valence-corrected chi connectivity index (χ3v) is 3.68. The molecule has 2 heterocycles. The first kappa shape index (κ1) is 15.3. The van der Waals surface area contributed by atoms with Gasteiger partial charge in [0.05, 0.1) is 12.7 Å². The Morgan fingerprint density at radius 2 is 2.30 bits per heavy atom. The average molecular weight is 313 g/mol. The minimum atomic E-state index is -0.0466. The largest absolute Gasteiger partial charge is 0.484 e. The molecule has 23 heavy (non-hydrogen) atoms. The molecule has 6 heteroatoms. The fraction of sp³-hybridized carbons (Fsp3) is 0.353. The predicted molar refractivity (Wildman–Crippen MR) is 84.3 cm³/mol. The van der Waals surface area contributed by atoms with Crippen LogP contribution in [0.25, 0.3) is 0 Å². The van der Waals surface area contributed by atoms with Crippen LogP contribution >= 0.6 is 0 Å². The first-order valence-corrected chi connectivity index (χ1v) is 7.60. The zero-order valence-electron chi connectivity index (χ0n) is 13.0. The molecule has 0 bridgehead atoms. The summed E-state index contributed by atoms with van der Waals surface area (Å²) in [5, 5.41) is 0. The smallest absolute Gasteiger partial charge is 0.260 e. The maximum Gasteiger partial charge on any atom is 0.260 e. The van der Waals surface area contributed by atoms with Crippen molar-refractivity contribution in [3.8, 4) is 11.6 Å². The summed E-state index contributed by atoms with van der Waals surface area (Å²) >= 11 is 0. The van der Waals surface area contributed by atoms with E-state index in [4.69, 9.17) is 9.47 Å². The number of rotatable bonds is 5. The summed E-state index contributed by atoms with van der Waals surface area (Å²) in [5.41, 5.74) is 1.11. The quantitative estimate of drug-likeness (QED) is 0.843. The molecule has 2 aromatic rings. The molecule has 0 aliphatic carbocycles. The number of ether oxygens (including phenoxy) is 2. The number of carbonyl (C=O) groups is 1.